The molecule has 2 amide bonds. The van der Waals surface area contributed by atoms with E-state index in [0.29, 0.717) is 23.9 Å². The number of likely N-dealkylation sites (N-methyl/N-ethyl adjacent to an activating group) is 1. The molecule has 2 aromatic heterocycles. The minimum absolute atomic E-state index is 0.210. The SMILES string of the molecule is CC1Oc2cccnc2N(C)C(=O)C1NC(=O)c1nnc(Cc2ccccc2)o1. The van der Waals surface area contributed by atoms with E-state index in [2.05, 4.69) is 20.5 Å². The maximum absolute atomic E-state index is 12.9. The molecule has 0 fully saturated rings. The van der Waals surface area contributed by atoms with Crippen LogP contribution >= 0.6 is 0 Å². The molecule has 1 aliphatic heterocycles. The summed E-state index contributed by atoms with van der Waals surface area (Å²) in [6.07, 6.45) is 1.36. The number of fused-ring (bicyclic) bond motifs is 1. The van der Waals surface area contributed by atoms with Crippen molar-refractivity contribution in [3.05, 3.63) is 66.0 Å². The van der Waals surface area contributed by atoms with Crippen LogP contribution < -0.4 is 15.0 Å². The standard InChI is InChI=1S/C20H19N5O4/c1-12-16(20(27)25(2)17-14(28-12)9-6-10-21-17)22-18(26)19-24-23-15(29-19)11-13-7-4-3-5-8-13/h3-10,12,16H,11H2,1-2H3,(H,22,26). The second-order valence-electron chi connectivity index (χ2n) is 6.66. The highest BCUT2D eigenvalue weighted by molar-refractivity contribution is 6.01. The van der Waals surface area contributed by atoms with Gasteiger partial charge in [-0.3, -0.25) is 14.5 Å². The number of anilines is 1. The van der Waals surface area contributed by atoms with Gasteiger partial charge in [0.1, 0.15) is 12.1 Å². The monoisotopic (exact) mass is 393 g/mol. The van der Waals surface area contributed by atoms with Crippen LogP contribution in [0.15, 0.2) is 53.1 Å². The molecule has 4 rings (SSSR count). The van der Waals surface area contributed by atoms with E-state index in [9.17, 15) is 9.59 Å². The number of carbonyl (C=O) groups is 2. The van der Waals surface area contributed by atoms with E-state index in [4.69, 9.17) is 9.15 Å². The number of rotatable bonds is 4. The molecule has 29 heavy (non-hydrogen) atoms. The third-order valence-corrected chi connectivity index (χ3v) is 4.59. The van der Waals surface area contributed by atoms with Crippen LogP contribution in [0.5, 0.6) is 5.75 Å². The fourth-order valence-electron chi connectivity index (χ4n) is 3.08. The lowest BCUT2D eigenvalue weighted by atomic mass is 10.1. The first kappa shape index (κ1) is 18.6. The molecule has 0 radical (unpaired) electrons. The summed E-state index contributed by atoms with van der Waals surface area (Å²) in [5.74, 6) is -0.0325. The van der Waals surface area contributed by atoms with Crippen LogP contribution in [0, 0.1) is 0 Å². The number of nitrogens with one attached hydrogen (secondary N) is 1. The second-order valence-corrected chi connectivity index (χ2v) is 6.66. The molecule has 9 heteroatoms. The highest BCUT2D eigenvalue weighted by Gasteiger charge is 2.37. The van der Waals surface area contributed by atoms with E-state index >= 15 is 0 Å². The van der Waals surface area contributed by atoms with Gasteiger partial charge in [0.25, 0.3) is 5.91 Å². The Labute approximate surface area is 166 Å². The molecule has 2 unspecified atom stereocenters. The van der Waals surface area contributed by atoms with Crippen LogP contribution in [-0.4, -0.2) is 46.2 Å². The van der Waals surface area contributed by atoms with Gasteiger partial charge in [-0.05, 0) is 24.6 Å². The number of hydrogen-bond donors (Lipinski definition) is 1. The number of aromatic nitrogens is 3. The van der Waals surface area contributed by atoms with Gasteiger partial charge in [-0.25, -0.2) is 4.98 Å². The number of ether oxygens (including phenoxy) is 1. The van der Waals surface area contributed by atoms with Crippen molar-refractivity contribution in [2.45, 2.75) is 25.5 Å². The summed E-state index contributed by atoms with van der Waals surface area (Å²) >= 11 is 0. The summed E-state index contributed by atoms with van der Waals surface area (Å²) in [5, 5.41) is 10.4. The smallest absolute Gasteiger partial charge is 0.309 e. The van der Waals surface area contributed by atoms with Crippen LogP contribution in [0.25, 0.3) is 0 Å². The van der Waals surface area contributed by atoms with E-state index in [1.807, 2.05) is 30.3 Å². The van der Waals surface area contributed by atoms with E-state index in [0.717, 1.165) is 5.56 Å². The van der Waals surface area contributed by atoms with Crippen molar-refractivity contribution in [3.63, 3.8) is 0 Å². The Bertz CT molecular complexity index is 1040. The summed E-state index contributed by atoms with van der Waals surface area (Å²) in [6.45, 7) is 1.70. The lowest BCUT2D eigenvalue weighted by Gasteiger charge is -2.22. The van der Waals surface area contributed by atoms with Gasteiger partial charge in [-0.1, -0.05) is 30.3 Å². The first-order valence-electron chi connectivity index (χ1n) is 9.09. The van der Waals surface area contributed by atoms with Crippen molar-refractivity contribution in [2.75, 3.05) is 11.9 Å². The summed E-state index contributed by atoms with van der Waals surface area (Å²) in [7, 11) is 1.58. The molecule has 2 atom stereocenters. The van der Waals surface area contributed by atoms with Gasteiger partial charge in [-0.15, -0.1) is 10.2 Å². The van der Waals surface area contributed by atoms with Gasteiger partial charge in [0, 0.05) is 13.2 Å². The predicted octanol–water partition coefficient (Wildman–Crippen LogP) is 1.60. The average molecular weight is 393 g/mol. The second kappa shape index (κ2) is 7.70. The van der Waals surface area contributed by atoms with E-state index < -0.39 is 18.1 Å². The van der Waals surface area contributed by atoms with Crippen LogP contribution in [0.3, 0.4) is 0 Å². The molecule has 1 aliphatic rings. The van der Waals surface area contributed by atoms with Gasteiger partial charge in [-0.2, -0.15) is 0 Å². The molecule has 1 N–H and O–H groups in total. The van der Waals surface area contributed by atoms with Crippen molar-refractivity contribution in [1.29, 1.82) is 0 Å². The fourth-order valence-corrected chi connectivity index (χ4v) is 3.08. The van der Waals surface area contributed by atoms with Crippen LogP contribution in [-0.2, 0) is 11.2 Å². The Morgan fingerprint density at radius 3 is 2.76 bits per heavy atom. The molecule has 148 valence electrons. The van der Waals surface area contributed by atoms with E-state index in [-0.39, 0.29) is 11.8 Å². The largest absolute Gasteiger partial charge is 0.484 e. The van der Waals surface area contributed by atoms with Gasteiger partial charge in [0.15, 0.2) is 11.6 Å². The summed E-state index contributed by atoms with van der Waals surface area (Å²) in [5.41, 5.74) is 0.982. The van der Waals surface area contributed by atoms with E-state index in [1.165, 1.54) is 4.90 Å². The molecule has 9 nitrogen and oxygen atoms in total. The summed E-state index contributed by atoms with van der Waals surface area (Å²) in [4.78, 5) is 31.0. The van der Waals surface area contributed by atoms with Crippen LogP contribution in [0.1, 0.15) is 29.1 Å². The fraction of sp³-hybridized carbons (Fsp3) is 0.250. The molecule has 0 bridgehead atoms. The zero-order valence-corrected chi connectivity index (χ0v) is 15.9. The minimum atomic E-state index is -0.939. The minimum Gasteiger partial charge on any atom is -0.484 e. The Kier molecular flexibility index (Phi) is 4.94. The highest BCUT2D eigenvalue weighted by Crippen LogP contribution is 2.29. The van der Waals surface area contributed by atoms with Crippen molar-refractivity contribution < 1.29 is 18.7 Å². The summed E-state index contributed by atoms with van der Waals surface area (Å²) < 4.78 is 11.3. The average Bonchev–Trinajstić information content (AvgIpc) is 3.17. The van der Waals surface area contributed by atoms with Gasteiger partial charge in [0.05, 0.1) is 6.42 Å². The molecule has 0 aliphatic carbocycles. The van der Waals surface area contributed by atoms with Gasteiger partial charge < -0.3 is 14.5 Å². The zero-order valence-electron chi connectivity index (χ0n) is 15.9. The third-order valence-electron chi connectivity index (χ3n) is 4.59. The van der Waals surface area contributed by atoms with Crippen LogP contribution in [0.2, 0.25) is 0 Å². The molecule has 0 spiro atoms. The summed E-state index contributed by atoms with van der Waals surface area (Å²) in [6, 6.07) is 12.1. The topological polar surface area (TPSA) is 110 Å². The van der Waals surface area contributed by atoms with Crippen LogP contribution in [0.4, 0.5) is 5.82 Å². The Balaban J connectivity index is 1.49. The predicted molar refractivity (Wildman–Crippen MR) is 103 cm³/mol. The van der Waals surface area contributed by atoms with Crippen molar-refractivity contribution in [1.82, 2.24) is 20.5 Å². The molecule has 0 saturated heterocycles. The molecular formula is C20H19N5O4. The maximum atomic E-state index is 12.9. The van der Waals surface area contributed by atoms with Crippen molar-refractivity contribution >= 4 is 17.6 Å². The molecule has 1 aromatic carbocycles. The van der Waals surface area contributed by atoms with E-state index in [1.54, 1.807) is 32.3 Å². The van der Waals surface area contributed by atoms with Gasteiger partial charge in [0.2, 0.25) is 5.89 Å². The Morgan fingerprint density at radius 1 is 1.17 bits per heavy atom. The van der Waals surface area contributed by atoms with Gasteiger partial charge >= 0.3 is 11.8 Å². The quantitative estimate of drug-likeness (QED) is 0.717. The van der Waals surface area contributed by atoms with Crippen molar-refractivity contribution in [3.8, 4) is 5.75 Å². The maximum Gasteiger partial charge on any atom is 0.309 e. The molecular weight excluding hydrogens is 374 g/mol. The normalized spacial score (nSPS) is 18.6. The number of nitrogens with zero attached hydrogens (tertiary/aromatic N) is 4. The molecule has 3 heterocycles. The lowest BCUT2D eigenvalue weighted by molar-refractivity contribution is -0.121. The number of hydrogen-bond acceptors (Lipinski definition) is 7. The Morgan fingerprint density at radius 2 is 1.97 bits per heavy atom. The first-order chi connectivity index (χ1) is 14.0. The third kappa shape index (κ3) is 3.79. The molecule has 3 aromatic rings. The lowest BCUT2D eigenvalue weighted by Crippen LogP contribution is -2.53. The first-order valence-corrected chi connectivity index (χ1v) is 9.09. The number of amides is 2. The number of pyridine rings is 1. The highest BCUT2D eigenvalue weighted by atomic mass is 16.5. The molecule has 0 saturated carbocycles. The van der Waals surface area contributed by atoms with Crippen molar-refractivity contribution in [2.24, 2.45) is 0 Å². The zero-order chi connectivity index (χ0) is 20.4. The number of carbonyl (C=O) groups excluding carboxylic acids is 2. The number of benzene rings is 1. The Hall–Kier alpha value is -3.75.